The molecule has 0 amide bonds. The van der Waals surface area contributed by atoms with E-state index in [-0.39, 0.29) is 18.9 Å². The molecule has 3 aromatic carbocycles. The van der Waals surface area contributed by atoms with Crippen molar-refractivity contribution < 1.29 is 9.29 Å². The van der Waals surface area contributed by atoms with Crippen LogP contribution >= 0.6 is 12.9 Å². The van der Waals surface area contributed by atoms with Crippen molar-refractivity contribution in [1.29, 1.82) is 0 Å². The van der Waals surface area contributed by atoms with Gasteiger partial charge < -0.3 is 20.0 Å². The fourth-order valence-electron chi connectivity index (χ4n) is 5.92. The van der Waals surface area contributed by atoms with E-state index in [0.717, 1.165) is 54.7 Å². The number of aliphatic hydroxyl groups excluding tert-OH is 1. The first kappa shape index (κ1) is 18.3. The van der Waals surface area contributed by atoms with Gasteiger partial charge in [-0.05, 0) is 25.0 Å². The maximum atomic E-state index is 10.5. The lowest BCUT2D eigenvalue weighted by atomic mass is 9.95. The average molecular weight is 441 g/mol. The molecule has 7 heteroatoms. The highest BCUT2D eigenvalue weighted by molar-refractivity contribution is 7.75. The Labute approximate surface area is 188 Å². The lowest BCUT2D eigenvalue weighted by Crippen LogP contribution is -2.17. The Hall–Kier alpha value is -3.26. The summed E-state index contributed by atoms with van der Waals surface area (Å²) in [6, 6.07) is 16.4. The minimum absolute atomic E-state index is 0.0148. The van der Waals surface area contributed by atoms with Gasteiger partial charge in [-0.2, -0.15) is 0 Å². The maximum absolute atomic E-state index is 10.5. The number of nitrogens with two attached hydrogens (primary N) is 1. The van der Waals surface area contributed by atoms with E-state index in [1.165, 1.54) is 0 Å². The zero-order valence-electron chi connectivity index (χ0n) is 17.1. The van der Waals surface area contributed by atoms with Crippen LogP contribution < -0.4 is 5.73 Å². The van der Waals surface area contributed by atoms with E-state index in [0.29, 0.717) is 18.0 Å². The minimum atomic E-state index is -0.356. The van der Waals surface area contributed by atoms with Gasteiger partial charge in [-0.3, -0.25) is 4.18 Å². The smallest absolute Gasteiger partial charge is 0.150 e. The van der Waals surface area contributed by atoms with Gasteiger partial charge in [0, 0.05) is 44.6 Å². The number of para-hydroxylation sites is 2. The number of benzene rings is 3. The maximum Gasteiger partial charge on any atom is 0.150 e. The molecule has 0 fully saturated rings. The number of rotatable bonds is 2. The van der Waals surface area contributed by atoms with Crippen LogP contribution in [0.4, 0.5) is 0 Å². The van der Waals surface area contributed by atoms with Crippen LogP contribution in [-0.4, -0.2) is 26.7 Å². The Morgan fingerprint density at radius 3 is 2.25 bits per heavy atom. The van der Waals surface area contributed by atoms with E-state index in [2.05, 4.69) is 57.9 Å². The molecule has 0 radical (unpaired) electrons. The first-order chi connectivity index (χ1) is 15.7. The number of fused-ring (bicyclic) bond motifs is 9. The van der Waals surface area contributed by atoms with Crippen LogP contribution in [-0.2, 0) is 4.18 Å². The molecular weight excluding hydrogens is 420 g/mol. The zero-order chi connectivity index (χ0) is 21.7. The van der Waals surface area contributed by atoms with Crippen molar-refractivity contribution in [3.05, 3.63) is 66.2 Å². The molecule has 158 valence electrons. The summed E-state index contributed by atoms with van der Waals surface area (Å²) in [4.78, 5) is 4.60. The van der Waals surface area contributed by atoms with Gasteiger partial charge in [0.2, 0.25) is 0 Å². The van der Waals surface area contributed by atoms with Crippen LogP contribution in [0.15, 0.2) is 60.1 Å². The van der Waals surface area contributed by atoms with Crippen molar-refractivity contribution in [2.24, 2.45) is 10.7 Å². The van der Waals surface area contributed by atoms with Crippen LogP contribution in [0.5, 0.6) is 0 Å². The molecule has 0 saturated carbocycles. The lowest BCUT2D eigenvalue weighted by molar-refractivity contribution is 0.122. The van der Waals surface area contributed by atoms with E-state index in [9.17, 15) is 5.11 Å². The summed E-state index contributed by atoms with van der Waals surface area (Å²) in [5.41, 5.74) is 13.3. The molecule has 4 heterocycles. The van der Waals surface area contributed by atoms with Crippen molar-refractivity contribution in [1.82, 2.24) is 9.13 Å². The van der Waals surface area contributed by atoms with E-state index >= 15 is 0 Å². The molecule has 2 aromatic heterocycles. The number of nitrogens with zero attached hydrogens (tertiary/aromatic N) is 3. The fraction of sp³-hybridized carbons (Fsp3) is 0.160. The number of hydrogen-bond donors (Lipinski definition) is 3. The Bertz CT molecular complexity index is 1680. The number of aromatic nitrogens is 2. The van der Waals surface area contributed by atoms with Gasteiger partial charge >= 0.3 is 0 Å². The van der Waals surface area contributed by atoms with Crippen LogP contribution in [0, 0.1) is 0 Å². The monoisotopic (exact) mass is 440 g/mol. The minimum Gasteiger partial charge on any atom is -0.394 e. The second-order valence-electron chi connectivity index (χ2n) is 8.55. The summed E-state index contributed by atoms with van der Waals surface area (Å²) in [5, 5.41) is 14.8. The van der Waals surface area contributed by atoms with Gasteiger partial charge in [-0.1, -0.05) is 43.0 Å². The third kappa shape index (κ3) is 1.97. The molecule has 32 heavy (non-hydrogen) atoms. The second-order valence-corrected chi connectivity index (χ2v) is 8.76. The summed E-state index contributed by atoms with van der Waals surface area (Å²) in [6.07, 6.45) is 0.219. The number of aliphatic hydroxyl groups is 1. The van der Waals surface area contributed by atoms with Gasteiger partial charge in [0.1, 0.15) is 12.1 Å². The van der Waals surface area contributed by atoms with E-state index < -0.39 is 0 Å². The fourth-order valence-corrected chi connectivity index (χ4v) is 6.10. The van der Waals surface area contributed by atoms with Gasteiger partial charge in [0.15, 0.2) is 0 Å². The third-order valence-electron chi connectivity index (χ3n) is 7.05. The molecule has 0 saturated heterocycles. The van der Waals surface area contributed by atoms with Gasteiger partial charge in [-0.25, -0.2) is 4.99 Å². The molecule has 2 atom stereocenters. The van der Waals surface area contributed by atoms with Crippen molar-refractivity contribution in [2.45, 2.75) is 18.7 Å². The molecule has 0 aliphatic carbocycles. The average Bonchev–Trinajstić information content (AvgIpc) is 3.39. The Balaban J connectivity index is 1.90. The third-order valence-corrected chi connectivity index (χ3v) is 7.30. The van der Waals surface area contributed by atoms with Gasteiger partial charge in [-0.15, -0.1) is 0 Å². The Kier molecular flexibility index (Phi) is 3.53. The number of hydrogen-bond acceptors (Lipinski definition) is 5. The molecule has 2 aliphatic rings. The molecule has 3 N–H and O–H groups in total. The SMILES string of the molecule is C=C1N=C(N)c2c1c1c3ccccc3n3c1c1c2c2ccccc2n1C(CO)CC3OS. The first-order valence-corrected chi connectivity index (χ1v) is 11.0. The molecule has 6 nitrogen and oxygen atoms in total. The molecule has 7 rings (SSSR count). The molecule has 0 spiro atoms. The van der Waals surface area contributed by atoms with E-state index in [1.807, 2.05) is 24.3 Å². The normalized spacial score (nSPS) is 20.1. The van der Waals surface area contributed by atoms with Crippen LogP contribution in [0.3, 0.4) is 0 Å². The highest BCUT2D eigenvalue weighted by Gasteiger charge is 2.36. The van der Waals surface area contributed by atoms with Crippen molar-refractivity contribution in [3.63, 3.8) is 0 Å². The standard InChI is InChI=1S/C25H20N4O2S/c1-12-19-20-15-7-3-5-9-17(15)29-18(31-32)10-13(11-30)28-16-8-4-2-6-14(16)21(23(28)24(20)29)22(19)25(26)27-12/h2-9,13,18,30,32H,1,10-11H2,(H2,26,27). The Morgan fingerprint density at radius 2 is 1.59 bits per heavy atom. The molecule has 2 unspecified atom stereocenters. The zero-order valence-corrected chi connectivity index (χ0v) is 18.0. The first-order valence-electron chi connectivity index (χ1n) is 10.6. The van der Waals surface area contributed by atoms with Crippen LogP contribution in [0.2, 0.25) is 0 Å². The summed E-state index contributed by atoms with van der Waals surface area (Å²) >= 11 is 4.25. The summed E-state index contributed by atoms with van der Waals surface area (Å²) < 4.78 is 10.2. The quantitative estimate of drug-likeness (QED) is 0.270. The van der Waals surface area contributed by atoms with Crippen LogP contribution in [0.25, 0.3) is 49.3 Å². The molecular formula is C25H20N4O2S. The lowest BCUT2D eigenvalue weighted by Gasteiger charge is -2.22. The van der Waals surface area contributed by atoms with Crippen LogP contribution in [0.1, 0.15) is 29.8 Å². The predicted octanol–water partition coefficient (Wildman–Crippen LogP) is 4.89. The van der Waals surface area contributed by atoms with Gasteiger partial charge in [0.05, 0.1) is 34.9 Å². The summed E-state index contributed by atoms with van der Waals surface area (Å²) in [5.74, 6) is 0.485. The molecule has 2 aliphatic heterocycles. The topological polar surface area (TPSA) is 77.7 Å². The van der Waals surface area contributed by atoms with Gasteiger partial charge in [0.25, 0.3) is 0 Å². The largest absolute Gasteiger partial charge is 0.394 e. The molecule has 5 aromatic rings. The highest BCUT2D eigenvalue weighted by Crippen LogP contribution is 2.51. The van der Waals surface area contributed by atoms with E-state index in [4.69, 9.17) is 9.92 Å². The van der Waals surface area contributed by atoms with Crippen molar-refractivity contribution in [3.8, 4) is 0 Å². The second kappa shape index (κ2) is 6.16. The number of aliphatic imine (C=N–C) groups is 1. The molecule has 0 bridgehead atoms. The summed E-state index contributed by atoms with van der Waals surface area (Å²) in [7, 11) is 0. The number of thiol groups is 1. The Morgan fingerprint density at radius 1 is 1.00 bits per heavy atom. The summed E-state index contributed by atoms with van der Waals surface area (Å²) in [6.45, 7) is 4.23. The van der Waals surface area contributed by atoms with E-state index in [1.54, 1.807) is 0 Å². The predicted molar refractivity (Wildman–Crippen MR) is 132 cm³/mol. The van der Waals surface area contributed by atoms with Crippen molar-refractivity contribution in [2.75, 3.05) is 6.61 Å². The van der Waals surface area contributed by atoms with Crippen molar-refractivity contribution >= 4 is 68.1 Å². The highest BCUT2D eigenvalue weighted by atomic mass is 32.1. The number of amidine groups is 1.